The molecule has 5 aliphatic rings. The topological polar surface area (TPSA) is 49.2 Å². The van der Waals surface area contributed by atoms with Crippen molar-refractivity contribution in [2.24, 2.45) is 15.9 Å². The van der Waals surface area contributed by atoms with E-state index in [1.807, 2.05) is 12.1 Å². The molecule has 5 aromatic rings. The molecule has 10 rings (SSSR count). The average Bonchev–Trinajstić information content (AvgIpc) is 3.70. The number of anilines is 1. The summed E-state index contributed by atoms with van der Waals surface area (Å²) >= 11 is 0. The minimum atomic E-state index is -0.418. The van der Waals surface area contributed by atoms with E-state index in [0.29, 0.717) is 0 Å². The maximum absolute atomic E-state index is 6.99. The van der Waals surface area contributed by atoms with Crippen molar-refractivity contribution < 1.29 is 4.74 Å². The second-order valence-electron chi connectivity index (χ2n) is 14.3. The summed E-state index contributed by atoms with van der Waals surface area (Å²) in [5.41, 5.74) is 7.93. The van der Waals surface area contributed by atoms with Crippen LogP contribution >= 0.6 is 0 Å². The number of rotatable bonds is 5. The van der Waals surface area contributed by atoms with E-state index in [0.717, 1.165) is 28.5 Å². The molecule has 0 saturated heterocycles. The highest BCUT2D eigenvalue weighted by Gasteiger charge is 2.59. The molecular weight excluding hydrogens is 625 g/mol. The zero-order chi connectivity index (χ0) is 33.9. The molecular formula is C46H38N4O. The monoisotopic (exact) mass is 662 g/mol. The molecule has 7 unspecified atom stereocenters. The number of hydrogen-bond donors (Lipinski definition) is 1. The molecule has 0 radical (unpaired) electrons. The first kappa shape index (κ1) is 29.9. The molecule has 1 N–H and O–H groups in total. The van der Waals surface area contributed by atoms with Crippen LogP contribution in [0.2, 0.25) is 0 Å². The molecule has 7 atom stereocenters. The van der Waals surface area contributed by atoms with Crippen LogP contribution in [0.25, 0.3) is 5.57 Å². The summed E-state index contributed by atoms with van der Waals surface area (Å²) in [5.74, 6) is 2.97. The minimum absolute atomic E-state index is 0.0278. The van der Waals surface area contributed by atoms with Gasteiger partial charge in [0.1, 0.15) is 23.0 Å². The van der Waals surface area contributed by atoms with E-state index in [9.17, 15) is 0 Å². The second-order valence-corrected chi connectivity index (χ2v) is 14.3. The number of ether oxygens (including phenoxy) is 1. The summed E-state index contributed by atoms with van der Waals surface area (Å²) in [5, 5.41) is 3.77. The number of nitrogens with zero attached hydrogens (tertiary/aromatic N) is 3. The van der Waals surface area contributed by atoms with Gasteiger partial charge in [0.05, 0.1) is 23.9 Å². The molecule has 0 saturated carbocycles. The second kappa shape index (κ2) is 11.8. The number of amidine groups is 2. The van der Waals surface area contributed by atoms with E-state index < -0.39 is 5.60 Å². The zero-order valence-corrected chi connectivity index (χ0v) is 28.4. The fraction of sp³-hybridized carbons (Fsp3) is 0.174. The van der Waals surface area contributed by atoms with Crippen molar-refractivity contribution in [2.75, 3.05) is 4.90 Å². The Hall–Kier alpha value is -5.94. The van der Waals surface area contributed by atoms with Crippen LogP contribution < -0.4 is 15.0 Å². The molecule has 248 valence electrons. The van der Waals surface area contributed by atoms with Gasteiger partial charge in [0.2, 0.25) is 0 Å². The smallest absolute Gasteiger partial charge is 0.169 e. The van der Waals surface area contributed by atoms with E-state index in [1.165, 1.54) is 28.0 Å². The third-order valence-electron chi connectivity index (χ3n) is 11.4. The van der Waals surface area contributed by atoms with Gasteiger partial charge in [0, 0.05) is 22.7 Å². The van der Waals surface area contributed by atoms with Crippen LogP contribution in [0, 0.1) is 5.92 Å². The fourth-order valence-electron chi connectivity index (χ4n) is 9.07. The molecule has 5 nitrogen and oxygen atoms in total. The van der Waals surface area contributed by atoms with Gasteiger partial charge in [0.25, 0.3) is 0 Å². The lowest BCUT2D eigenvalue weighted by Crippen LogP contribution is -2.55. The van der Waals surface area contributed by atoms with Crippen LogP contribution in [-0.2, 0) is 0 Å². The maximum atomic E-state index is 6.99. The summed E-state index contributed by atoms with van der Waals surface area (Å²) in [6.07, 6.45) is 11.6. The Balaban J connectivity index is 1.11. The first-order chi connectivity index (χ1) is 25.2. The molecule has 0 bridgehead atoms. The number of para-hydroxylation sites is 2. The van der Waals surface area contributed by atoms with Crippen LogP contribution in [0.1, 0.15) is 52.7 Å². The van der Waals surface area contributed by atoms with Crippen LogP contribution in [0.3, 0.4) is 0 Å². The van der Waals surface area contributed by atoms with Gasteiger partial charge in [-0.15, -0.1) is 0 Å². The third-order valence-corrected chi connectivity index (χ3v) is 11.4. The fourth-order valence-corrected chi connectivity index (χ4v) is 9.07. The molecule has 5 aromatic carbocycles. The van der Waals surface area contributed by atoms with E-state index in [1.54, 1.807) is 0 Å². The van der Waals surface area contributed by atoms with Crippen LogP contribution in [0.5, 0.6) is 5.75 Å². The van der Waals surface area contributed by atoms with E-state index in [2.05, 4.69) is 175 Å². The molecule has 51 heavy (non-hydrogen) atoms. The maximum Gasteiger partial charge on any atom is 0.169 e. The van der Waals surface area contributed by atoms with E-state index >= 15 is 0 Å². The van der Waals surface area contributed by atoms with Crippen molar-refractivity contribution in [3.05, 3.63) is 198 Å². The first-order valence-electron chi connectivity index (χ1n) is 18.0. The SMILES string of the molecule is CC12Oc3ccccc3C1C=CC1C2c2ccccc2N1C1C=CC(c2ccccc2)=CC1C1=NC(c2ccccc2)N=C(c2ccccc2)N1. The zero-order valence-electron chi connectivity index (χ0n) is 28.4. The van der Waals surface area contributed by atoms with Gasteiger partial charge in [0.15, 0.2) is 6.17 Å². The summed E-state index contributed by atoms with van der Waals surface area (Å²) < 4.78 is 6.99. The Labute approximate surface area is 299 Å². The Bertz CT molecular complexity index is 2270. The summed E-state index contributed by atoms with van der Waals surface area (Å²) in [6.45, 7) is 2.32. The number of aliphatic imine (C=N–C) groups is 2. The summed E-state index contributed by atoms with van der Waals surface area (Å²) in [4.78, 5) is 13.2. The minimum Gasteiger partial charge on any atom is -0.486 e. The lowest BCUT2D eigenvalue weighted by atomic mass is 9.68. The van der Waals surface area contributed by atoms with Gasteiger partial charge in [-0.3, -0.25) is 0 Å². The lowest BCUT2D eigenvalue weighted by Gasteiger charge is -2.46. The van der Waals surface area contributed by atoms with Crippen LogP contribution in [-0.4, -0.2) is 29.4 Å². The summed E-state index contributed by atoms with van der Waals surface area (Å²) in [6, 6.07) is 49.1. The van der Waals surface area contributed by atoms with Gasteiger partial charge in [-0.25, -0.2) is 9.98 Å². The van der Waals surface area contributed by atoms with E-state index in [-0.39, 0.29) is 36.0 Å². The average molecular weight is 663 g/mol. The van der Waals surface area contributed by atoms with Crippen molar-refractivity contribution in [1.82, 2.24) is 5.32 Å². The van der Waals surface area contributed by atoms with Crippen molar-refractivity contribution in [2.45, 2.75) is 42.6 Å². The first-order valence-corrected chi connectivity index (χ1v) is 18.0. The van der Waals surface area contributed by atoms with E-state index in [4.69, 9.17) is 14.7 Å². The molecule has 5 heteroatoms. The Kier molecular flexibility index (Phi) is 6.95. The third kappa shape index (κ3) is 4.83. The normalized spacial score (nSPS) is 28.3. The lowest BCUT2D eigenvalue weighted by molar-refractivity contribution is 0.0616. The highest BCUT2D eigenvalue weighted by Crippen LogP contribution is 2.60. The quantitative estimate of drug-likeness (QED) is 0.191. The Morgan fingerprint density at radius 1 is 0.647 bits per heavy atom. The predicted molar refractivity (Wildman–Crippen MR) is 206 cm³/mol. The van der Waals surface area contributed by atoms with Gasteiger partial charge >= 0.3 is 0 Å². The number of fused-ring (bicyclic) bond motifs is 7. The predicted octanol–water partition coefficient (Wildman–Crippen LogP) is 9.25. The Morgan fingerprint density at radius 3 is 2.10 bits per heavy atom. The van der Waals surface area contributed by atoms with Crippen LogP contribution in [0.4, 0.5) is 5.69 Å². The molecule has 3 heterocycles. The molecule has 0 spiro atoms. The highest BCUT2D eigenvalue weighted by atomic mass is 16.5. The molecule has 0 fully saturated rings. The van der Waals surface area contributed by atoms with Crippen molar-refractivity contribution in [3.63, 3.8) is 0 Å². The number of nitrogens with one attached hydrogen (secondary N) is 1. The molecule has 2 aliphatic carbocycles. The van der Waals surface area contributed by atoms with Crippen molar-refractivity contribution in [3.8, 4) is 5.75 Å². The van der Waals surface area contributed by atoms with Crippen molar-refractivity contribution in [1.29, 1.82) is 0 Å². The largest absolute Gasteiger partial charge is 0.486 e. The van der Waals surface area contributed by atoms with Gasteiger partial charge in [-0.2, -0.15) is 0 Å². The van der Waals surface area contributed by atoms with Gasteiger partial charge in [-0.1, -0.05) is 158 Å². The summed E-state index contributed by atoms with van der Waals surface area (Å²) in [7, 11) is 0. The van der Waals surface area contributed by atoms with Crippen LogP contribution in [0.15, 0.2) is 180 Å². The number of allylic oxidation sites excluding steroid dienone is 2. The highest BCUT2D eigenvalue weighted by molar-refractivity contribution is 6.12. The standard InChI is InChI=1S/C46H38N4O/c1-46-37(34-21-12-14-24-41(34)51-46)26-28-40-42(46)35-22-11-13-23-38(35)50(40)39-27-25-33(30-15-5-2-6-16-30)29-36(39)45-48-43(31-17-7-3-8-18-31)47-44(49-45)32-19-9-4-10-20-32/h2-29,36-37,39-40,42-43H,1H3,(H,47,48,49). The van der Waals surface area contributed by atoms with Crippen molar-refractivity contribution >= 4 is 22.9 Å². The number of benzene rings is 5. The Morgan fingerprint density at radius 2 is 1.31 bits per heavy atom. The molecule has 0 aromatic heterocycles. The molecule has 3 aliphatic heterocycles. The van der Waals surface area contributed by atoms with Gasteiger partial charge in [-0.05, 0) is 41.3 Å². The molecule has 0 amide bonds. The van der Waals surface area contributed by atoms with Gasteiger partial charge < -0.3 is 15.0 Å². The number of hydrogen-bond acceptors (Lipinski definition) is 5.